The van der Waals surface area contributed by atoms with Crippen molar-refractivity contribution >= 4 is 29.0 Å². The van der Waals surface area contributed by atoms with Crippen LogP contribution in [0.1, 0.15) is 24.5 Å². The van der Waals surface area contributed by atoms with E-state index >= 15 is 0 Å². The number of thioether (sulfide) groups is 1. The predicted octanol–water partition coefficient (Wildman–Crippen LogP) is 3.44. The third-order valence-corrected chi connectivity index (χ3v) is 3.57. The lowest BCUT2D eigenvalue weighted by Crippen LogP contribution is -2.28. The summed E-state index contributed by atoms with van der Waals surface area (Å²) < 4.78 is 0. The smallest absolute Gasteiger partial charge is 0.268 e. The van der Waals surface area contributed by atoms with E-state index in [1.165, 1.54) is 4.90 Å². The van der Waals surface area contributed by atoms with Gasteiger partial charge in [-0.2, -0.15) is 0 Å². The van der Waals surface area contributed by atoms with Crippen molar-refractivity contribution in [1.29, 1.82) is 0 Å². The van der Waals surface area contributed by atoms with Crippen LogP contribution in [0, 0.1) is 6.92 Å². The number of benzene rings is 1. The molecule has 0 bridgehead atoms. The molecule has 3 nitrogen and oxygen atoms in total. The number of amides is 2. The lowest BCUT2D eigenvalue weighted by Gasteiger charge is -2.09. The number of carbonyl (C=O) groups excluding carboxylic acids is 2. The maximum atomic E-state index is 12.0. The average molecular weight is 261 g/mol. The van der Waals surface area contributed by atoms with Gasteiger partial charge in [-0.25, -0.2) is 0 Å². The molecule has 0 spiro atoms. The van der Waals surface area contributed by atoms with Gasteiger partial charge in [0.2, 0.25) is 0 Å². The number of nitrogens with zero attached hydrogens (tertiary/aromatic N) is 1. The van der Waals surface area contributed by atoms with E-state index < -0.39 is 0 Å². The number of hydrogen-bond acceptors (Lipinski definition) is 3. The molecule has 94 valence electrons. The second kappa shape index (κ2) is 5.40. The fraction of sp³-hybridized carbons (Fsp3) is 0.286. The normalized spacial score (nSPS) is 17.9. The molecule has 1 aromatic carbocycles. The van der Waals surface area contributed by atoms with Crippen LogP contribution in [0.2, 0.25) is 0 Å². The molecule has 2 amide bonds. The number of carbonyl (C=O) groups is 2. The first-order valence-corrected chi connectivity index (χ1v) is 6.75. The molecule has 1 heterocycles. The summed E-state index contributed by atoms with van der Waals surface area (Å²) in [7, 11) is 0. The first-order valence-electron chi connectivity index (χ1n) is 5.94. The minimum atomic E-state index is -0.173. The van der Waals surface area contributed by atoms with Crippen LogP contribution >= 0.6 is 11.8 Å². The summed E-state index contributed by atoms with van der Waals surface area (Å²) in [5.74, 6) is -0.173. The molecule has 0 N–H and O–H groups in total. The summed E-state index contributed by atoms with van der Waals surface area (Å²) >= 11 is 1.02. The topological polar surface area (TPSA) is 37.4 Å². The average Bonchev–Trinajstić information content (AvgIpc) is 2.57. The van der Waals surface area contributed by atoms with Gasteiger partial charge in [0.25, 0.3) is 11.1 Å². The Morgan fingerprint density at radius 3 is 2.78 bits per heavy atom. The summed E-state index contributed by atoms with van der Waals surface area (Å²) in [5, 5.41) is -0.166. The largest absolute Gasteiger partial charge is 0.293 e. The quantitative estimate of drug-likeness (QED) is 0.782. The predicted molar refractivity (Wildman–Crippen MR) is 74.1 cm³/mol. The van der Waals surface area contributed by atoms with Gasteiger partial charge in [0.1, 0.15) is 0 Å². The van der Waals surface area contributed by atoms with Crippen LogP contribution in [-0.2, 0) is 4.79 Å². The van der Waals surface area contributed by atoms with Crippen LogP contribution in [0.5, 0.6) is 0 Å². The van der Waals surface area contributed by atoms with Gasteiger partial charge in [0, 0.05) is 6.54 Å². The first-order chi connectivity index (χ1) is 8.61. The van der Waals surface area contributed by atoms with E-state index in [2.05, 4.69) is 0 Å². The number of imide groups is 1. The lowest BCUT2D eigenvalue weighted by molar-refractivity contribution is -0.122. The second-order valence-corrected chi connectivity index (χ2v) is 5.24. The monoisotopic (exact) mass is 261 g/mol. The van der Waals surface area contributed by atoms with Crippen molar-refractivity contribution in [2.45, 2.75) is 20.3 Å². The molecular formula is C14H15NO2S. The van der Waals surface area contributed by atoms with Crippen molar-refractivity contribution in [2.24, 2.45) is 0 Å². The van der Waals surface area contributed by atoms with E-state index in [1.807, 2.05) is 38.1 Å². The summed E-state index contributed by atoms with van der Waals surface area (Å²) in [6, 6.07) is 7.87. The molecule has 0 unspecified atom stereocenters. The molecule has 0 atom stereocenters. The number of rotatable bonds is 3. The van der Waals surface area contributed by atoms with E-state index in [0.29, 0.717) is 11.4 Å². The van der Waals surface area contributed by atoms with Crippen molar-refractivity contribution in [3.63, 3.8) is 0 Å². The SMILES string of the molecule is CCCN1C(=O)S/C(=C/c2cccc(C)c2)C1=O. The van der Waals surface area contributed by atoms with Crippen molar-refractivity contribution in [3.05, 3.63) is 40.3 Å². The molecule has 2 rings (SSSR count). The molecule has 1 aliphatic heterocycles. The summed E-state index contributed by atoms with van der Waals surface area (Å²) in [6.07, 6.45) is 2.57. The van der Waals surface area contributed by atoms with Gasteiger partial charge >= 0.3 is 0 Å². The fourth-order valence-corrected chi connectivity index (χ4v) is 2.69. The highest BCUT2D eigenvalue weighted by Crippen LogP contribution is 2.32. The maximum Gasteiger partial charge on any atom is 0.293 e. The molecular weight excluding hydrogens is 246 g/mol. The summed E-state index contributed by atoms with van der Waals surface area (Å²) in [4.78, 5) is 25.5. The van der Waals surface area contributed by atoms with E-state index in [4.69, 9.17) is 0 Å². The molecule has 18 heavy (non-hydrogen) atoms. The fourth-order valence-electron chi connectivity index (χ4n) is 1.83. The third kappa shape index (κ3) is 2.64. The Balaban J connectivity index is 2.25. The van der Waals surface area contributed by atoms with Crippen LogP contribution in [-0.4, -0.2) is 22.6 Å². The maximum absolute atomic E-state index is 12.0. The van der Waals surface area contributed by atoms with Crippen LogP contribution in [0.4, 0.5) is 4.79 Å². The minimum absolute atomic E-state index is 0.166. The van der Waals surface area contributed by atoms with Gasteiger partial charge in [-0.1, -0.05) is 36.8 Å². The molecule has 0 saturated carbocycles. The van der Waals surface area contributed by atoms with Crippen molar-refractivity contribution in [3.8, 4) is 0 Å². The molecule has 0 radical (unpaired) electrons. The van der Waals surface area contributed by atoms with E-state index in [0.717, 1.165) is 29.3 Å². The Bertz CT molecular complexity index is 522. The summed E-state index contributed by atoms with van der Waals surface area (Å²) in [6.45, 7) is 4.45. The molecule has 1 aromatic rings. The van der Waals surface area contributed by atoms with Gasteiger partial charge in [0.05, 0.1) is 4.91 Å². The highest BCUT2D eigenvalue weighted by molar-refractivity contribution is 8.18. The zero-order chi connectivity index (χ0) is 13.1. The Kier molecular flexibility index (Phi) is 3.87. The van der Waals surface area contributed by atoms with Gasteiger partial charge in [-0.15, -0.1) is 0 Å². The molecule has 1 aliphatic rings. The van der Waals surface area contributed by atoms with E-state index in [-0.39, 0.29) is 11.1 Å². The molecule has 0 aliphatic carbocycles. The van der Waals surface area contributed by atoms with Crippen molar-refractivity contribution in [1.82, 2.24) is 4.90 Å². The van der Waals surface area contributed by atoms with E-state index in [9.17, 15) is 9.59 Å². The number of aryl methyl sites for hydroxylation is 1. The molecule has 0 aromatic heterocycles. The number of hydrogen-bond donors (Lipinski definition) is 0. The summed E-state index contributed by atoms with van der Waals surface area (Å²) in [5.41, 5.74) is 2.09. The van der Waals surface area contributed by atoms with Crippen LogP contribution < -0.4 is 0 Å². The Hall–Kier alpha value is -1.55. The van der Waals surface area contributed by atoms with Gasteiger partial charge in [-0.3, -0.25) is 14.5 Å². The van der Waals surface area contributed by atoms with Gasteiger partial charge in [-0.05, 0) is 36.7 Å². The van der Waals surface area contributed by atoms with Crippen molar-refractivity contribution in [2.75, 3.05) is 6.54 Å². The zero-order valence-corrected chi connectivity index (χ0v) is 11.3. The Morgan fingerprint density at radius 2 is 2.11 bits per heavy atom. The third-order valence-electron chi connectivity index (χ3n) is 2.66. The highest BCUT2D eigenvalue weighted by atomic mass is 32.2. The zero-order valence-electron chi connectivity index (χ0n) is 10.5. The minimum Gasteiger partial charge on any atom is -0.268 e. The molecule has 1 fully saturated rings. The highest BCUT2D eigenvalue weighted by Gasteiger charge is 2.34. The van der Waals surface area contributed by atoms with Crippen LogP contribution in [0.25, 0.3) is 6.08 Å². The van der Waals surface area contributed by atoms with Gasteiger partial charge in [0.15, 0.2) is 0 Å². The van der Waals surface area contributed by atoms with Gasteiger partial charge < -0.3 is 0 Å². The van der Waals surface area contributed by atoms with E-state index in [1.54, 1.807) is 6.08 Å². The second-order valence-electron chi connectivity index (χ2n) is 4.25. The first kappa shape index (κ1) is 12.9. The molecule has 1 saturated heterocycles. The Morgan fingerprint density at radius 1 is 1.33 bits per heavy atom. The van der Waals surface area contributed by atoms with Crippen LogP contribution in [0.3, 0.4) is 0 Å². The van der Waals surface area contributed by atoms with Crippen molar-refractivity contribution < 1.29 is 9.59 Å². The Labute approximate surface area is 111 Å². The molecule has 4 heteroatoms. The lowest BCUT2D eigenvalue weighted by atomic mass is 10.1. The standard InChI is InChI=1S/C14H15NO2S/c1-3-7-15-13(16)12(18-14(15)17)9-11-6-4-5-10(2)8-11/h4-6,8-9H,3,7H2,1-2H3/b12-9+. The van der Waals surface area contributed by atoms with Crippen LogP contribution in [0.15, 0.2) is 29.2 Å².